The zero-order valence-electron chi connectivity index (χ0n) is 11.4. The molecule has 0 amide bonds. The number of nitrogen functional groups attached to an aromatic ring is 1. The molecule has 1 heterocycles. The minimum Gasteiger partial charge on any atom is -0.393 e. The zero-order chi connectivity index (χ0) is 14.5. The van der Waals surface area contributed by atoms with E-state index in [4.69, 9.17) is 17.3 Å². The number of aromatic nitrogens is 2. The van der Waals surface area contributed by atoms with Gasteiger partial charge in [0.15, 0.2) is 11.6 Å². The Morgan fingerprint density at radius 1 is 1.20 bits per heavy atom. The quantitative estimate of drug-likeness (QED) is 0.733. The molecule has 7 heteroatoms. The number of hydrazine groups is 1. The Balaban J connectivity index is 2.12. The van der Waals surface area contributed by atoms with Crippen LogP contribution in [0.25, 0.3) is 0 Å². The summed E-state index contributed by atoms with van der Waals surface area (Å²) in [6.45, 7) is 0.544. The van der Waals surface area contributed by atoms with Crippen LogP contribution in [0.15, 0.2) is 30.6 Å². The van der Waals surface area contributed by atoms with Crippen molar-refractivity contribution in [1.29, 1.82) is 0 Å². The number of benzene rings is 1. The number of hydrogen-bond donors (Lipinski definition) is 3. The Labute approximate surface area is 122 Å². The van der Waals surface area contributed by atoms with Gasteiger partial charge in [-0.2, -0.15) is 0 Å². The molecule has 0 saturated carbocycles. The molecule has 0 radical (unpaired) electrons. The number of halogens is 1. The number of anilines is 3. The zero-order valence-corrected chi connectivity index (χ0v) is 12.1. The summed E-state index contributed by atoms with van der Waals surface area (Å²) in [5, 5.41) is 5.63. The molecule has 6 nitrogen and oxygen atoms in total. The van der Waals surface area contributed by atoms with Crippen molar-refractivity contribution in [1.82, 2.24) is 15.0 Å². The Hall–Kier alpha value is -2.05. The number of nitrogens with zero attached hydrogens (tertiary/aromatic N) is 3. The second-order valence-corrected chi connectivity index (χ2v) is 4.84. The third-order valence-electron chi connectivity index (χ3n) is 2.62. The molecule has 0 aliphatic carbocycles. The first-order valence-electron chi connectivity index (χ1n) is 6.09. The van der Waals surface area contributed by atoms with E-state index in [1.54, 1.807) is 5.01 Å². The van der Waals surface area contributed by atoms with Crippen LogP contribution >= 0.6 is 11.6 Å². The topological polar surface area (TPSA) is 79.1 Å². The molecule has 1 aromatic heterocycles. The van der Waals surface area contributed by atoms with Gasteiger partial charge in [-0.25, -0.2) is 15.0 Å². The van der Waals surface area contributed by atoms with Gasteiger partial charge in [0.2, 0.25) is 0 Å². The Morgan fingerprint density at radius 2 is 1.90 bits per heavy atom. The van der Waals surface area contributed by atoms with Gasteiger partial charge in [-0.05, 0) is 11.6 Å². The van der Waals surface area contributed by atoms with Gasteiger partial charge in [0, 0.05) is 25.7 Å². The molecule has 0 aliphatic heterocycles. The summed E-state index contributed by atoms with van der Waals surface area (Å²) in [5.74, 6) is 1.14. The van der Waals surface area contributed by atoms with E-state index in [1.807, 2.05) is 38.4 Å². The highest BCUT2D eigenvalue weighted by Gasteiger charge is 2.08. The van der Waals surface area contributed by atoms with E-state index in [0.29, 0.717) is 28.9 Å². The predicted octanol–water partition coefficient (Wildman–Crippen LogP) is 2.21. The SMILES string of the molecule is CN(C)Nc1ncnc(NCc2ccccc2Cl)c1N. The molecule has 2 rings (SSSR count). The normalized spacial score (nSPS) is 10.6. The Morgan fingerprint density at radius 3 is 2.60 bits per heavy atom. The van der Waals surface area contributed by atoms with Crippen molar-refractivity contribution in [3.8, 4) is 0 Å². The molecular weight excluding hydrogens is 276 g/mol. The molecule has 106 valence electrons. The summed E-state index contributed by atoms with van der Waals surface area (Å²) in [7, 11) is 3.72. The maximum Gasteiger partial charge on any atom is 0.169 e. The van der Waals surface area contributed by atoms with Crippen LogP contribution in [0.5, 0.6) is 0 Å². The van der Waals surface area contributed by atoms with E-state index in [9.17, 15) is 0 Å². The van der Waals surface area contributed by atoms with Crippen LogP contribution in [0.4, 0.5) is 17.3 Å². The largest absolute Gasteiger partial charge is 0.393 e. The summed E-state index contributed by atoms with van der Waals surface area (Å²) in [6.07, 6.45) is 1.46. The van der Waals surface area contributed by atoms with Crippen molar-refractivity contribution in [2.45, 2.75) is 6.54 Å². The van der Waals surface area contributed by atoms with Gasteiger partial charge >= 0.3 is 0 Å². The minimum absolute atomic E-state index is 0.466. The van der Waals surface area contributed by atoms with Crippen molar-refractivity contribution in [2.24, 2.45) is 0 Å². The lowest BCUT2D eigenvalue weighted by Gasteiger charge is -2.16. The lowest BCUT2D eigenvalue weighted by atomic mass is 10.2. The molecular formula is C13H17ClN6. The molecule has 0 bridgehead atoms. The van der Waals surface area contributed by atoms with Crippen LogP contribution in [0.2, 0.25) is 5.02 Å². The molecule has 0 spiro atoms. The third kappa shape index (κ3) is 3.49. The van der Waals surface area contributed by atoms with Crippen LogP contribution in [0.3, 0.4) is 0 Å². The number of nitrogens with one attached hydrogen (secondary N) is 2. The standard InChI is InChI=1S/C13H17ClN6/c1-20(2)19-13-11(15)12(17-8-18-13)16-7-9-5-3-4-6-10(9)14/h3-6,8H,7,15H2,1-2H3,(H2,16,17,18,19). The monoisotopic (exact) mass is 292 g/mol. The Bertz CT molecular complexity index is 587. The molecule has 20 heavy (non-hydrogen) atoms. The summed E-state index contributed by atoms with van der Waals surface area (Å²) in [4.78, 5) is 8.24. The molecule has 1 aromatic carbocycles. The summed E-state index contributed by atoms with van der Waals surface area (Å²) in [6, 6.07) is 7.63. The van der Waals surface area contributed by atoms with Crippen molar-refractivity contribution in [3.05, 3.63) is 41.2 Å². The summed E-state index contributed by atoms with van der Waals surface area (Å²) >= 11 is 6.11. The molecule has 0 saturated heterocycles. The smallest absolute Gasteiger partial charge is 0.169 e. The van der Waals surface area contributed by atoms with Gasteiger partial charge in [-0.3, -0.25) is 0 Å². The van der Waals surface area contributed by atoms with Crippen LogP contribution in [0, 0.1) is 0 Å². The van der Waals surface area contributed by atoms with E-state index in [1.165, 1.54) is 6.33 Å². The summed E-state index contributed by atoms with van der Waals surface area (Å²) < 4.78 is 0. The first kappa shape index (κ1) is 14.4. The molecule has 4 N–H and O–H groups in total. The van der Waals surface area contributed by atoms with Gasteiger partial charge in [0.1, 0.15) is 12.0 Å². The van der Waals surface area contributed by atoms with Gasteiger partial charge in [-0.15, -0.1) is 0 Å². The fourth-order valence-corrected chi connectivity index (χ4v) is 1.86. The fraction of sp³-hybridized carbons (Fsp3) is 0.231. The molecule has 0 fully saturated rings. The highest BCUT2D eigenvalue weighted by molar-refractivity contribution is 6.31. The molecule has 2 aromatic rings. The number of hydrogen-bond acceptors (Lipinski definition) is 6. The lowest BCUT2D eigenvalue weighted by molar-refractivity contribution is 0.492. The van der Waals surface area contributed by atoms with Gasteiger partial charge in [-0.1, -0.05) is 29.8 Å². The highest BCUT2D eigenvalue weighted by atomic mass is 35.5. The predicted molar refractivity (Wildman–Crippen MR) is 82.5 cm³/mol. The first-order valence-corrected chi connectivity index (χ1v) is 6.47. The van der Waals surface area contributed by atoms with E-state index in [0.717, 1.165) is 5.56 Å². The maximum absolute atomic E-state index is 6.11. The fourth-order valence-electron chi connectivity index (χ4n) is 1.66. The van der Waals surface area contributed by atoms with Gasteiger partial charge in [0.25, 0.3) is 0 Å². The second-order valence-electron chi connectivity index (χ2n) is 4.44. The van der Waals surface area contributed by atoms with Crippen LogP contribution < -0.4 is 16.5 Å². The first-order chi connectivity index (χ1) is 9.58. The van der Waals surface area contributed by atoms with E-state index in [2.05, 4.69) is 20.7 Å². The second kappa shape index (κ2) is 6.40. The van der Waals surface area contributed by atoms with Crippen molar-refractivity contribution >= 4 is 28.9 Å². The molecule has 0 atom stereocenters. The van der Waals surface area contributed by atoms with Crippen molar-refractivity contribution < 1.29 is 0 Å². The average molecular weight is 293 g/mol. The summed E-state index contributed by atoms with van der Waals surface area (Å²) in [5.41, 5.74) is 10.5. The van der Waals surface area contributed by atoms with Crippen LogP contribution in [0.1, 0.15) is 5.56 Å². The Kier molecular flexibility index (Phi) is 4.60. The van der Waals surface area contributed by atoms with Gasteiger partial charge < -0.3 is 16.5 Å². The van der Waals surface area contributed by atoms with E-state index >= 15 is 0 Å². The third-order valence-corrected chi connectivity index (χ3v) is 2.99. The van der Waals surface area contributed by atoms with Crippen LogP contribution in [-0.2, 0) is 6.54 Å². The van der Waals surface area contributed by atoms with Crippen LogP contribution in [-0.4, -0.2) is 29.1 Å². The maximum atomic E-state index is 6.11. The van der Waals surface area contributed by atoms with E-state index < -0.39 is 0 Å². The molecule has 0 aliphatic rings. The minimum atomic E-state index is 0.466. The van der Waals surface area contributed by atoms with Crippen molar-refractivity contribution in [3.63, 3.8) is 0 Å². The highest BCUT2D eigenvalue weighted by Crippen LogP contribution is 2.24. The van der Waals surface area contributed by atoms with Gasteiger partial charge in [0.05, 0.1) is 0 Å². The van der Waals surface area contributed by atoms with Crippen molar-refractivity contribution in [2.75, 3.05) is 30.6 Å². The average Bonchev–Trinajstić information content (AvgIpc) is 2.41. The lowest BCUT2D eigenvalue weighted by Crippen LogP contribution is -2.22. The van der Waals surface area contributed by atoms with E-state index in [-0.39, 0.29) is 0 Å². The number of nitrogens with two attached hydrogens (primary N) is 1. The number of rotatable bonds is 5. The molecule has 0 unspecified atom stereocenters.